The van der Waals surface area contributed by atoms with Crippen LogP contribution in [-0.4, -0.2) is 54.0 Å². The van der Waals surface area contributed by atoms with Crippen molar-refractivity contribution in [2.24, 2.45) is 5.73 Å². The Morgan fingerprint density at radius 3 is 1.55 bits per heavy atom. The van der Waals surface area contributed by atoms with E-state index in [2.05, 4.69) is 104 Å². The molecule has 0 aromatic heterocycles. The Hall–Kier alpha value is -2.62. The van der Waals surface area contributed by atoms with E-state index >= 15 is 0 Å². The molecular weight excluding hydrogens is 380 g/mol. The monoisotopic (exact) mass is 426 g/mol. The largest absolute Gasteiger partial charge is 0.399 e. The van der Waals surface area contributed by atoms with Crippen LogP contribution in [0, 0.1) is 0 Å². The van der Waals surface area contributed by atoms with Crippen LogP contribution in [0.2, 0.25) is 0 Å². The molecule has 0 aliphatic rings. The molecule has 4 nitrogen and oxygen atoms in total. The first-order valence-electron chi connectivity index (χ1n) is 11.7. The van der Waals surface area contributed by atoms with E-state index in [0.717, 1.165) is 57.8 Å². The molecule has 174 valence electrons. The fourth-order valence-electron chi connectivity index (χ4n) is 2.77. The molecule has 0 unspecified atom stereocenters. The van der Waals surface area contributed by atoms with Crippen molar-refractivity contribution < 1.29 is 0 Å². The lowest BCUT2D eigenvalue weighted by Gasteiger charge is -2.16. The zero-order valence-electron chi connectivity index (χ0n) is 20.6. The van der Waals surface area contributed by atoms with Gasteiger partial charge in [-0.05, 0) is 78.2 Å². The molecule has 0 saturated carbocycles. The Kier molecular flexibility index (Phi) is 18.9. The summed E-state index contributed by atoms with van der Waals surface area (Å²) in [7, 11) is 0. The van der Waals surface area contributed by atoms with Crippen LogP contribution in [0.1, 0.15) is 47.5 Å². The minimum absolute atomic E-state index is 0.814. The summed E-state index contributed by atoms with van der Waals surface area (Å²) >= 11 is 0. The van der Waals surface area contributed by atoms with Crippen LogP contribution in [0.3, 0.4) is 0 Å². The Balaban J connectivity index is 4.25. The molecule has 0 aromatic rings. The number of rotatable bonds is 17. The van der Waals surface area contributed by atoms with Crippen molar-refractivity contribution in [1.29, 1.82) is 0 Å². The second-order valence-corrected chi connectivity index (χ2v) is 7.13. The summed E-state index contributed by atoms with van der Waals surface area (Å²) in [6.45, 7) is 16.3. The molecule has 0 bridgehead atoms. The van der Waals surface area contributed by atoms with Gasteiger partial charge in [-0.15, -0.1) is 0 Å². The molecule has 0 aliphatic carbocycles. The number of likely N-dealkylation sites (N-methyl/N-ethyl adjacent to an activating group) is 3. The summed E-state index contributed by atoms with van der Waals surface area (Å²) in [6, 6.07) is 0. The van der Waals surface area contributed by atoms with Gasteiger partial charge in [0, 0.05) is 45.0 Å². The summed E-state index contributed by atoms with van der Waals surface area (Å²) in [6.07, 6.45) is 29.8. The number of allylic oxidation sites excluding steroid dienone is 7. The molecule has 0 atom stereocenters. The predicted molar refractivity (Wildman–Crippen MR) is 139 cm³/mol. The minimum atomic E-state index is 0.814. The van der Waals surface area contributed by atoms with Crippen LogP contribution in [-0.2, 0) is 0 Å². The number of hydrogen-bond acceptors (Lipinski definition) is 4. The van der Waals surface area contributed by atoms with Gasteiger partial charge in [-0.25, -0.2) is 0 Å². The second-order valence-electron chi connectivity index (χ2n) is 7.13. The smallest absolute Gasteiger partial charge is 0.0376 e. The Morgan fingerprint density at radius 2 is 1.10 bits per heavy atom. The van der Waals surface area contributed by atoms with Gasteiger partial charge in [-0.3, -0.25) is 0 Å². The van der Waals surface area contributed by atoms with E-state index in [9.17, 15) is 0 Å². The number of nitrogens with zero attached hydrogens (tertiary/aromatic N) is 3. The van der Waals surface area contributed by atoms with Gasteiger partial charge in [-0.2, -0.15) is 0 Å². The van der Waals surface area contributed by atoms with Gasteiger partial charge >= 0.3 is 0 Å². The van der Waals surface area contributed by atoms with Gasteiger partial charge in [0.05, 0.1) is 0 Å². The molecule has 0 aliphatic heterocycles. The molecule has 0 fully saturated rings. The maximum atomic E-state index is 5.90. The Labute approximate surface area is 192 Å². The van der Waals surface area contributed by atoms with E-state index in [0.29, 0.717) is 0 Å². The number of nitrogens with two attached hydrogens (primary N) is 1. The van der Waals surface area contributed by atoms with Gasteiger partial charge in [-0.1, -0.05) is 48.6 Å². The Morgan fingerprint density at radius 1 is 0.613 bits per heavy atom. The van der Waals surface area contributed by atoms with Crippen molar-refractivity contribution in [3.05, 3.63) is 85.1 Å². The first kappa shape index (κ1) is 28.4. The molecular formula is C27H46N4. The van der Waals surface area contributed by atoms with Crippen molar-refractivity contribution in [3.63, 3.8) is 0 Å². The lowest BCUT2D eigenvalue weighted by molar-refractivity contribution is 0.436. The van der Waals surface area contributed by atoms with Crippen molar-refractivity contribution in [2.45, 2.75) is 47.5 Å². The molecule has 2 N–H and O–H groups in total. The van der Waals surface area contributed by atoms with Gasteiger partial charge < -0.3 is 20.4 Å². The maximum absolute atomic E-state index is 5.90. The standard InChI is InChI=1S/C27H46N4/c1-6-19-27(28)20-26-31(10-5)25-18-14-13-17-24-30(9-4)23-16-12-11-15-22-29(8-3)21-7-2/h6-7,11,13,15-21,23,25H,8-10,12,14,22,24,26,28H2,1-5H3/b15-11-,17-13-,19-6+,21-7+,23-16+,25-18+,27-20+. The lowest BCUT2D eigenvalue weighted by atomic mass is 10.3. The molecule has 31 heavy (non-hydrogen) atoms. The summed E-state index contributed by atoms with van der Waals surface area (Å²) in [5, 5.41) is 0. The quantitative estimate of drug-likeness (QED) is 0.235. The molecule has 0 amide bonds. The highest BCUT2D eigenvalue weighted by atomic mass is 15.1. The first-order chi connectivity index (χ1) is 15.1. The van der Waals surface area contributed by atoms with Crippen LogP contribution < -0.4 is 5.73 Å². The summed E-state index contributed by atoms with van der Waals surface area (Å²) in [5.41, 5.74) is 6.72. The average Bonchev–Trinajstić information content (AvgIpc) is 2.78. The van der Waals surface area contributed by atoms with Gasteiger partial charge in [0.15, 0.2) is 0 Å². The molecule has 0 saturated heterocycles. The molecule has 4 heteroatoms. The van der Waals surface area contributed by atoms with Gasteiger partial charge in [0.25, 0.3) is 0 Å². The molecule has 0 aromatic carbocycles. The van der Waals surface area contributed by atoms with E-state index < -0.39 is 0 Å². The fourth-order valence-corrected chi connectivity index (χ4v) is 2.77. The molecule has 0 radical (unpaired) electrons. The summed E-state index contributed by atoms with van der Waals surface area (Å²) in [5.74, 6) is 0. The molecule has 0 spiro atoms. The van der Waals surface area contributed by atoms with Gasteiger partial charge in [0.1, 0.15) is 0 Å². The third kappa shape index (κ3) is 16.8. The normalized spacial score (nSPS) is 13.3. The second kappa shape index (κ2) is 20.6. The third-order valence-corrected chi connectivity index (χ3v) is 4.69. The van der Waals surface area contributed by atoms with Crippen molar-refractivity contribution >= 4 is 0 Å². The van der Waals surface area contributed by atoms with Crippen LogP contribution in [0.5, 0.6) is 0 Å². The van der Waals surface area contributed by atoms with Crippen LogP contribution >= 0.6 is 0 Å². The summed E-state index contributed by atoms with van der Waals surface area (Å²) in [4.78, 5) is 6.85. The average molecular weight is 427 g/mol. The van der Waals surface area contributed by atoms with E-state index in [-0.39, 0.29) is 0 Å². The fraction of sp³-hybridized carbons (Fsp3) is 0.481. The van der Waals surface area contributed by atoms with Crippen LogP contribution in [0.4, 0.5) is 0 Å². The minimum Gasteiger partial charge on any atom is -0.399 e. The zero-order valence-corrected chi connectivity index (χ0v) is 20.6. The van der Waals surface area contributed by atoms with Gasteiger partial charge in [0.2, 0.25) is 0 Å². The maximum Gasteiger partial charge on any atom is 0.0376 e. The van der Waals surface area contributed by atoms with E-state index in [1.807, 2.05) is 25.2 Å². The van der Waals surface area contributed by atoms with Crippen LogP contribution in [0.15, 0.2) is 85.1 Å². The lowest BCUT2D eigenvalue weighted by Crippen LogP contribution is -2.17. The third-order valence-electron chi connectivity index (χ3n) is 4.69. The van der Waals surface area contributed by atoms with E-state index in [1.165, 1.54) is 0 Å². The highest BCUT2D eigenvalue weighted by Crippen LogP contribution is 1.98. The Bertz CT molecular complexity index is 623. The van der Waals surface area contributed by atoms with E-state index in [4.69, 9.17) is 5.73 Å². The highest BCUT2D eigenvalue weighted by Gasteiger charge is 1.93. The van der Waals surface area contributed by atoms with Crippen molar-refractivity contribution in [1.82, 2.24) is 14.7 Å². The predicted octanol–water partition coefficient (Wildman–Crippen LogP) is 5.82. The van der Waals surface area contributed by atoms with Crippen LogP contribution in [0.25, 0.3) is 0 Å². The zero-order chi connectivity index (χ0) is 23.2. The SMILES string of the molecule is C/C=C/C(N)=C\CN(/C=C/C/C=C\CN(/C=C/C/C=C\CN(/C=C/C)CC)CC)CC. The molecule has 0 heterocycles. The van der Waals surface area contributed by atoms with Crippen molar-refractivity contribution in [2.75, 3.05) is 39.3 Å². The van der Waals surface area contributed by atoms with Crippen molar-refractivity contribution in [3.8, 4) is 0 Å². The molecule has 0 rings (SSSR count). The summed E-state index contributed by atoms with van der Waals surface area (Å²) < 4.78 is 0. The number of hydrogen-bond donors (Lipinski definition) is 1. The topological polar surface area (TPSA) is 35.7 Å². The van der Waals surface area contributed by atoms with E-state index in [1.54, 1.807) is 0 Å². The highest BCUT2D eigenvalue weighted by molar-refractivity contribution is 5.14. The first-order valence-corrected chi connectivity index (χ1v) is 11.7.